The highest BCUT2D eigenvalue weighted by molar-refractivity contribution is 5.76. The third kappa shape index (κ3) is 28.1. The van der Waals surface area contributed by atoms with Crippen LogP contribution in [0.4, 0.5) is 0 Å². The zero-order chi connectivity index (χ0) is 50.3. The topological polar surface area (TPSA) is 228 Å². The van der Waals surface area contributed by atoms with E-state index in [1.807, 2.05) is 12.2 Å². The molecule has 0 spiro atoms. The van der Waals surface area contributed by atoms with Crippen LogP contribution in [0, 0.1) is 0 Å². The molecule has 1 amide bonds. The predicted octanol–water partition coefficient (Wildman–Crippen LogP) is 8.05. The summed E-state index contributed by atoms with van der Waals surface area (Å²) in [5.74, 6) is -0.287. The number of carbonyl (C=O) groups is 1. The van der Waals surface area contributed by atoms with Crippen molar-refractivity contribution in [1.29, 1.82) is 0 Å². The normalized spacial score (nSPS) is 26.5. The largest absolute Gasteiger partial charge is 0.394 e. The van der Waals surface area contributed by atoms with Gasteiger partial charge in [-0.2, -0.15) is 0 Å². The highest BCUT2D eigenvalue weighted by Crippen LogP contribution is 2.30. The van der Waals surface area contributed by atoms with Crippen LogP contribution >= 0.6 is 0 Å². The van der Waals surface area contributed by atoms with E-state index >= 15 is 0 Å². The number of allylic oxidation sites excluding steroid dienone is 8. The average molecular weight is 982 g/mol. The maximum absolute atomic E-state index is 13.2. The van der Waals surface area contributed by atoms with Gasteiger partial charge in [-0.25, -0.2) is 0 Å². The van der Waals surface area contributed by atoms with Crippen LogP contribution in [0.2, 0.25) is 0 Å². The third-order valence-corrected chi connectivity index (χ3v) is 13.3. The molecule has 0 radical (unpaired) electrons. The molecule has 2 heterocycles. The van der Waals surface area contributed by atoms with Crippen molar-refractivity contribution in [2.24, 2.45) is 0 Å². The second-order valence-electron chi connectivity index (χ2n) is 19.3. The van der Waals surface area contributed by atoms with Crippen molar-refractivity contribution < 1.29 is 64.6 Å². The predicted molar refractivity (Wildman–Crippen MR) is 272 cm³/mol. The minimum absolute atomic E-state index is 0.182. The van der Waals surface area contributed by atoms with Gasteiger partial charge < -0.3 is 65.1 Å². The van der Waals surface area contributed by atoms with E-state index in [0.29, 0.717) is 12.8 Å². The maximum Gasteiger partial charge on any atom is 0.220 e. The number of hydrogen-bond donors (Lipinski definition) is 9. The summed E-state index contributed by atoms with van der Waals surface area (Å²) in [7, 11) is 0. The Kier molecular flexibility index (Phi) is 37.9. The summed E-state index contributed by atoms with van der Waals surface area (Å²) >= 11 is 0. The molecule has 14 heteroatoms. The second-order valence-corrected chi connectivity index (χ2v) is 19.3. The zero-order valence-electron chi connectivity index (χ0n) is 42.8. The van der Waals surface area contributed by atoms with Crippen LogP contribution in [0.1, 0.15) is 200 Å². The van der Waals surface area contributed by atoms with Crippen molar-refractivity contribution in [3.8, 4) is 0 Å². The van der Waals surface area contributed by atoms with Crippen molar-refractivity contribution in [2.75, 3.05) is 19.8 Å². The zero-order valence-corrected chi connectivity index (χ0v) is 42.8. The first kappa shape index (κ1) is 63.1. The number of ether oxygens (including phenoxy) is 4. The number of unbranched alkanes of at least 4 members (excludes halogenated alkanes) is 21. The lowest BCUT2D eigenvalue weighted by Crippen LogP contribution is -2.65. The van der Waals surface area contributed by atoms with Crippen molar-refractivity contribution in [2.45, 2.75) is 274 Å². The molecular weight excluding hydrogens is 883 g/mol. The molecule has 2 aliphatic heterocycles. The van der Waals surface area contributed by atoms with Gasteiger partial charge >= 0.3 is 0 Å². The van der Waals surface area contributed by atoms with Crippen LogP contribution in [0.15, 0.2) is 48.6 Å². The second kappa shape index (κ2) is 41.4. The van der Waals surface area contributed by atoms with Gasteiger partial charge in [0.05, 0.1) is 32.0 Å². The van der Waals surface area contributed by atoms with Crippen molar-refractivity contribution in [3.63, 3.8) is 0 Å². The number of hydrogen-bond acceptors (Lipinski definition) is 13. The fraction of sp³-hybridized carbons (Fsp3) is 0.836. The molecule has 0 aromatic rings. The number of carbonyl (C=O) groups excluding carboxylic acids is 1. The summed E-state index contributed by atoms with van der Waals surface area (Å²) in [4.78, 5) is 13.2. The summed E-state index contributed by atoms with van der Waals surface area (Å²) in [6, 6.07) is -0.867. The Morgan fingerprint density at radius 1 is 0.536 bits per heavy atom. The van der Waals surface area contributed by atoms with E-state index in [-0.39, 0.29) is 18.9 Å². The first-order valence-electron chi connectivity index (χ1n) is 27.4. The Labute approximate surface area is 416 Å². The summed E-state index contributed by atoms with van der Waals surface area (Å²) in [5.41, 5.74) is 0. The average Bonchev–Trinajstić information content (AvgIpc) is 3.35. The van der Waals surface area contributed by atoms with E-state index in [2.05, 4.69) is 55.6 Å². The van der Waals surface area contributed by atoms with E-state index in [0.717, 1.165) is 51.4 Å². The van der Waals surface area contributed by atoms with Gasteiger partial charge in [-0.15, -0.1) is 0 Å². The molecule has 0 saturated carbocycles. The van der Waals surface area contributed by atoms with Gasteiger partial charge in [0.2, 0.25) is 5.91 Å². The first-order chi connectivity index (χ1) is 33.6. The molecule has 2 saturated heterocycles. The molecule has 69 heavy (non-hydrogen) atoms. The lowest BCUT2D eigenvalue weighted by molar-refractivity contribution is -0.359. The molecule has 2 fully saturated rings. The lowest BCUT2D eigenvalue weighted by atomic mass is 9.97. The van der Waals surface area contributed by atoms with Gasteiger partial charge in [0.1, 0.15) is 48.8 Å². The van der Waals surface area contributed by atoms with Crippen LogP contribution in [0.3, 0.4) is 0 Å². The van der Waals surface area contributed by atoms with E-state index in [1.165, 1.54) is 116 Å². The Morgan fingerprint density at radius 2 is 0.971 bits per heavy atom. The highest BCUT2D eigenvalue weighted by atomic mass is 16.7. The molecule has 0 aromatic heterocycles. The number of aliphatic hydroxyl groups is 8. The SMILES string of the molecule is CC/C=C\C/C=C\C/C=C\C/C=C\CCC(=O)NC(COC1OC(CO)C(OC2OC(CO)C(O)C(O)C2O)C(O)C1O)C(O)CCCCCCCCCCCCCCCCCCCCCCCC. The number of aliphatic hydroxyl groups excluding tert-OH is 8. The molecule has 12 unspecified atom stereocenters. The number of nitrogens with one attached hydrogen (secondary N) is 1. The Bertz CT molecular complexity index is 1340. The van der Waals surface area contributed by atoms with Crippen molar-refractivity contribution >= 4 is 5.91 Å². The molecular formula is C55H99NO13. The number of amides is 1. The Balaban J connectivity index is 1.79. The summed E-state index contributed by atoms with van der Waals surface area (Å²) < 4.78 is 22.7. The lowest BCUT2D eigenvalue weighted by Gasteiger charge is -2.46. The maximum atomic E-state index is 13.2. The van der Waals surface area contributed by atoms with Crippen molar-refractivity contribution in [1.82, 2.24) is 5.32 Å². The first-order valence-corrected chi connectivity index (χ1v) is 27.4. The molecule has 14 nitrogen and oxygen atoms in total. The van der Waals surface area contributed by atoms with Gasteiger partial charge in [0.25, 0.3) is 0 Å². The molecule has 0 bridgehead atoms. The van der Waals surface area contributed by atoms with Gasteiger partial charge in [0.15, 0.2) is 12.6 Å². The van der Waals surface area contributed by atoms with Gasteiger partial charge in [-0.3, -0.25) is 4.79 Å². The molecule has 12 atom stereocenters. The minimum Gasteiger partial charge on any atom is -0.394 e. The van der Waals surface area contributed by atoms with Gasteiger partial charge in [-0.1, -0.05) is 204 Å². The molecule has 9 N–H and O–H groups in total. The van der Waals surface area contributed by atoms with Crippen LogP contribution in [0.5, 0.6) is 0 Å². The number of rotatable bonds is 42. The highest BCUT2D eigenvalue weighted by Gasteiger charge is 2.51. The van der Waals surface area contributed by atoms with Crippen LogP contribution in [0.25, 0.3) is 0 Å². The molecule has 2 rings (SSSR count). The van der Waals surface area contributed by atoms with E-state index in [9.17, 15) is 45.6 Å². The Hall–Kier alpha value is -2.05. The Morgan fingerprint density at radius 3 is 1.45 bits per heavy atom. The fourth-order valence-corrected chi connectivity index (χ4v) is 8.89. The molecule has 402 valence electrons. The molecule has 0 aromatic carbocycles. The minimum atomic E-state index is -1.79. The summed E-state index contributed by atoms with van der Waals surface area (Å²) in [5, 5.41) is 86.9. The van der Waals surface area contributed by atoms with Gasteiger partial charge in [-0.05, 0) is 38.5 Å². The van der Waals surface area contributed by atoms with E-state index in [4.69, 9.17) is 18.9 Å². The van der Waals surface area contributed by atoms with Crippen LogP contribution < -0.4 is 5.32 Å². The third-order valence-electron chi connectivity index (χ3n) is 13.3. The smallest absolute Gasteiger partial charge is 0.220 e. The monoisotopic (exact) mass is 982 g/mol. The van der Waals surface area contributed by atoms with E-state index in [1.54, 1.807) is 0 Å². The van der Waals surface area contributed by atoms with E-state index < -0.39 is 86.8 Å². The summed E-state index contributed by atoms with van der Waals surface area (Å²) in [6.07, 6.45) is 32.8. The quantitative estimate of drug-likeness (QED) is 0.0209. The van der Waals surface area contributed by atoms with Crippen LogP contribution in [-0.4, -0.2) is 140 Å². The standard InChI is InChI=1S/C55H99NO13/c1-3-5-7-9-11-13-15-17-18-19-20-21-22-23-24-25-27-28-30-32-34-36-38-44(59)43(56-47(60)39-37-35-33-31-29-26-16-14-12-10-8-6-4-2)42-66-54-52(65)50(63)53(46(41-58)68-54)69-55-51(64)49(62)48(61)45(40-57)67-55/h6,8,12,14,26,29,33,35,43-46,48-55,57-59,61-65H,3-5,7,9-11,13,15-25,27-28,30-32,34,36-42H2,1-2H3,(H,56,60)/b8-6-,14-12-,29-26-,35-33-. The molecule has 0 aliphatic carbocycles. The summed E-state index contributed by atoms with van der Waals surface area (Å²) in [6.45, 7) is 2.69. The van der Waals surface area contributed by atoms with Crippen molar-refractivity contribution in [3.05, 3.63) is 48.6 Å². The fourth-order valence-electron chi connectivity index (χ4n) is 8.89. The van der Waals surface area contributed by atoms with Crippen LogP contribution in [-0.2, 0) is 23.7 Å². The molecule has 2 aliphatic rings. The van der Waals surface area contributed by atoms with Gasteiger partial charge in [0, 0.05) is 6.42 Å².